The highest BCUT2D eigenvalue weighted by Gasteiger charge is 2.53. The van der Waals surface area contributed by atoms with Gasteiger partial charge in [0.05, 0.1) is 5.69 Å². The van der Waals surface area contributed by atoms with Crippen LogP contribution < -0.4 is 10.4 Å². The highest BCUT2D eigenvalue weighted by atomic mass is 16.2. The Morgan fingerprint density at radius 2 is 1.64 bits per heavy atom. The smallest absolute Gasteiger partial charge is 0.262 e. The van der Waals surface area contributed by atoms with Gasteiger partial charge in [0, 0.05) is 0 Å². The molecule has 0 bridgehead atoms. The molecule has 1 N–H and O–H groups in total. The van der Waals surface area contributed by atoms with Crippen LogP contribution in [0.3, 0.4) is 0 Å². The summed E-state index contributed by atoms with van der Waals surface area (Å²) in [6.07, 6.45) is 16.5. The second-order valence-corrected chi connectivity index (χ2v) is 7.58. The van der Waals surface area contributed by atoms with E-state index in [-0.39, 0.29) is 11.8 Å². The molecule has 0 radical (unpaired) electrons. The summed E-state index contributed by atoms with van der Waals surface area (Å²) in [5, 5.41) is 1.37. The van der Waals surface area contributed by atoms with Crippen molar-refractivity contribution in [2.24, 2.45) is 5.41 Å². The van der Waals surface area contributed by atoms with Gasteiger partial charge >= 0.3 is 0 Å². The molecule has 0 aromatic heterocycles. The molecular weight excluding hydrogens is 348 g/mol. The molecule has 2 rings (SSSR count). The normalized spacial score (nSPS) is 19.4. The zero-order valence-corrected chi connectivity index (χ0v) is 17.2. The topological polar surface area (TPSA) is 49.4 Å². The fraction of sp³-hybridized carbons (Fsp3) is 0.500. The van der Waals surface area contributed by atoms with Gasteiger partial charge in [0.1, 0.15) is 5.41 Å². The molecule has 1 unspecified atom stereocenters. The van der Waals surface area contributed by atoms with Crippen molar-refractivity contribution in [1.29, 1.82) is 0 Å². The van der Waals surface area contributed by atoms with Gasteiger partial charge < -0.3 is 0 Å². The van der Waals surface area contributed by atoms with Crippen LogP contribution in [0.15, 0.2) is 55.1 Å². The SMILES string of the molecule is C=CCC1(C/C=C/CCCCCCCCC)C(=O)NN(c2ccccc2)C1=O. The first-order chi connectivity index (χ1) is 13.7. The van der Waals surface area contributed by atoms with E-state index in [0.717, 1.165) is 12.8 Å². The standard InChI is InChI=1S/C24H34N2O2/c1-3-5-6-7-8-9-10-11-12-16-20-24(19-4-2)22(27)25-26(23(24)28)21-17-14-13-15-18-21/h4,12-18H,2-3,5-11,19-20H2,1H3,(H,25,27)/b16-12+. The van der Waals surface area contributed by atoms with Crippen LogP contribution >= 0.6 is 0 Å². The number of allylic oxidation sites excluding steroid dienone is 3. The van der Waals surface area contributed by atoms with Crippen LogP contribution in [0, 0.1) is 5.41 Å². The van der Waals surface area contributed by atoms with Crippen molar-refractivity contribution >= 4 is 17.5 Å². The van der Waals surface area contributed by atoms with Crippen LogP contribution in [-0.2, 0) is 9.59 Å². The van der Waals surface area contributed by atoms with Gasteiger partial charge in [0.15, 0.2) is 0 Å². The van der Waals surface area contributed by atoms with Crippen molar-refractivity contribution in [3.05, 3.63) is 55.1 Å². The summed E-state index contributed by atoms with van der Waals surface area (Å²) < 4.78 is 0. The average Bonchev–Trinajstić information content (AvgIpc) is 2.95. The Balaban J connectivity index is 1.88. The lowest BCUT2D eigenvalue weighted by atomic mass is 9.80. The van der Waals surface area contributed by atoms with E-state index in [0.29, 0.717) is 18.5 Å². The molecule has 1 aliphatic rings. The molecule has 0 aliphatic carbocycles. The predicted octanol–water partition coefficient (Wildman–Crippen LogP) is 5.71. The minimum absolute atomic E-state index is 0.204. The maximum atomic E-state index is 13.1. The van der Waals surface area contributed by atoms with Crippen molar-refractivity contribution < 1.29 is 9.59 Å². The van der Waals surface area contributed by atoms with Crippen LogP contribution in [0.1, 0.15) is 71.1 Å². The quantitative estimate of drug-likeness (QED) is 0.270. The molecular formula is C24H34N2O2. The number of hydrogen-bond acceptors (Lipinski definition) is 2. The largest absolute Gasteiger partial charge is 0.272 e. The fourth-order valence-electron chi connectivity index (χ4n) is 3.64. The van der Waals surface area contributed by atoms with E-state index in [1.54, 1.807) is 6.08 Å². The number of nitrogens with one attached hydrogen (secondary N) is 1. The van der Waals surface area contributed by atoms with Gasteiger partial charge in [-0.3, -0.25) is 15.0 Å². The zero-order valence-electron chi connectivity index (χ0n) is 17.2. The number of anilines is 1. The van der Waals surface area contributed by atoms with Crippen molar-refractivity contribution in [3.8, 4) is 0 Å². The fourth-order valence-corrected chi connectivity index (χ4v) is 3.64. The highest BCUT2D eigenvalue weighted by molar-refractivity contribution is 6.18. The van der Waals surface area contributed by atoms with E-state index in [4.69, 9.17) is 0 Å². The Kier molecular flexibility index (Phi) is 8.99. The molecule has 28 heavy (non-hydrogen) atoms. The lowest BCUT2D eigenvalue weighted by molar-refractivity contribution is -0.135. The molecule has 0 spiro atoms. The molecule has 1 aliphatic heterocycles. The van der Waals surface area contributed by atoms with Gasteiger partial charge in [0.25, 0.3) is 11.8 Å². The van der Waals surface area contributed by atoms with Crippen LogP contribution in [0.25, 0.3) is 0 Å². The lowest BCUT2D eigenvalue weighted by Crippen LogP contribution is -2.37. The number of benzene rings is 1. The average molecular weight is 383 g/mol. The first kappa shape index (κ1) is 21.9. The minimum atomic E-state index is -1.09. The molecule has 1 saturated heterocycles. The summed E-state index contributed by atoms with van der Waals surface area (Å²) in [5.74, 6) is -0.453. The van der Waals surface area contributed by atoms with Crippen LogP contribution in [0.4, 0.5) is 5.69 Å². The molecule has 4 nitrogen and oxygen atoms in total. The number of carbonyl (C=O) groups excluding carboxylic acids is 2. The Hall–Kier alpha value is -2.36. The highest BCUT2D eigenvalue weighted by Crippen LogP contribution is 2.36. The maximum Gasteiger partial charge on any atom is 0.262 e. The number of hydrazine groups is 1. The number of amides is 2. The van der Waals surface area contributed by atoms with Gasteiger partial charge in [-0.15, -0.1) is 6.58 Å². The Morgan fingerprint density at radius 3 is 2.32 bits per heavy atom. The Bertz CT molecular complexity index is 668. The second kappa shape index (κ2) is 11.5. The third kappa shape index (κ3) is 5.57. The van der Waals surface area contributed by atoms with Crippen molar-refractivity contribution in [2.75, 3.05) is 5.01 Å². The van der Waals surface area contributed by atoms with Gasteiger partial charge in [-0.1, -0.05) is 81.9 Å². The number of unbranched alkanes of at least 4 members (excludes halogenated alkanes) is 7. The van der Waals surface area contributed by atoms with Gasteiger partial charge in [-0.2, -0.15) is 0 Å². The molecule has 1 heterocycles. The van der Waals surface area contributed by atoms with Gasteiger partial charge in [-0.25, -0.2) is 5.01 Å². The summed E-state index contributed by atoms with van der Waals surface area (Å²) in [6.45, 7) is 5.99. The number of carbonyl (C=O) groups is 2. The molecule has 1 aromatic carbocycles. The summed E-state index contributed by atoms with van der Waals surface area (Å²) in [5.41, 5.74) is 2.33. The van der Waals surface area contributed by atoms with Gasteiger partial charge in [0.2, 0.25) is 0 Å². The Labute approximate surface area is 169 Å². The van der Waals surface area contributed by atoms with Crippen molar-refractivity contribution in [2.45, 2.75) is 71.1 Å². The molecule has 1 atom stereocenters. The van der Waals surface area contributed by atoms with Crippen LogP contribution in [-0.4, -0.2) is 11.8 Å². The van der Waals surface area contributed by atoms with Gasteiger partial charge in [-0.05, 0) is 37.8 Å². The molecule has 152 valence electrons. The monoisotopic (exact) mass is 382 g/mol. The van der Waals surface area contributed by atoms with E-state index >= 15 is 0 Å². The molecule has 0 saturated carbocycles. The summed E-state index contributed by atoms with van der Waals surface area (Å²) in [6, 6.07) is 9.22. The first-order valence-electron chi connectivity index (χ1n) is 10.6. The zero-order chi connectivity index (χ0) is 20.2. The third-order valence-corrected chi connectivity index (χ3v) is 5.37. The maximum absolute atomic E-state index is 13.1. The first-order valence-corrected chi connectivity index (χ1v) is 10.6. The number of hydrogen-bond donors (Lipinski definition) is 1. The van der Waals surface area contributed by atoms with Crippen LogP contribution in [0.5, 0.6) is 0 Å². The number of nitrogens with zero attached hydrogens (tertiary/aromatic N) is 1. The van der Waals surface area contributed by atoms with Crippen molar-refractivity contribution in [1.82, 2.24) is 5.43 Å². The van der Waals surface area contributed by atoms with E-state index < -0.39 is 5.41 Å². The number of rotatable bonds is 13. The molecule has 4 heteroatoms. The second-order valence-electron chi connectivity index (χ2n) is 7.58. The Morgan fingerprint density at radius 1 is 0.964 bits per heavy atom. The third-order valence-electron chi connectivity index (χ3n) is 5.37. The molecule has 1 fully saturated rings. The van der Waals surface area contributed by atoms with Crippen LogP contribution in [0.2, 0.25) is 0 Å². The molecule has 1 aromatic rings. The van der Waals surface area contributed by atoms with E-state index in [1.807, 2.05) is 36.4 Å². The molecule has 2 amide bonds. The van der Waals surface area contributed by atoms with Crippen molar-refractivity contribution in [3.63, 3.8) is 0 Å². The summed E-state index contributed by atoms with van der Waals surface area (Å²) >= 11 is 0. The van der Waals surface area contributed by atoms with E-state index in [9.17, 15) is 9.59 Å². The van der Waals surface area contributed by atoms with E-state index in [2.05, 4.69) is 25.0 Å². The predicted molar refractivity (Wildman–Crippen MR) is 116 cm³/mol. The summed E-state index contributed by atoms with van der Waals surface area (Å²) in [4.78, 5) is 25.8. The number of para-hydroxylation sites is 1. The minimum Gasteiger partial charge on any atom is -0.272 e. The summed E-state index contributed by atoms with van der Waals surface area (Å²) in [7, 11) is 0. The lowest BCUT2D eigenvalue weighted by Gasteiger charge is -2.21. The van der Waals surface area contributed by atoms with E-state index in [1.165, 1.54) is 43.5 Å².